The van der Waals surface area contributed by atoms with Gasteiger partial charge >= 0.3 is 0 Å². The Morgan fingerprint density at radius 2 is 1.84 bits per heavy atom. The normalized spacial score (nSPS) is 18.8. The smallest absolute Gasteiger partial charge is 0.243 e. The molecule has 0 radical (unpaired) electrons. The van der Waals surface area contributed by atoms with Gasteiger partial charge in [0.25, 0.3) is 0 Å². The topological polar surface area (TPSA) is 85.4 Å². The minimum atomic E-state index is -3.67. The van der Waals surface area contributed by atoms with Crippen LogP contribution >= 0.6 is 0 Å². The highest BCUT2D eigenvalue weighted by Crippen LogP contribution is 2.31. The van der Waals surface area contributed by atoms with Gasteiger partial charge in [0.2, 0.25) is 15.9 Å². The van der Waals surface area contributed by atoms with E-state index in [4.69, 9.17) is 14.2 Å². The van der Waals surface area contributed by atoms with Crippen LogP contribution < -0.4 is 14.2 Å². The lowest BCUT2D eigenvalue weighted by Gasteiger charge is -2.33. The van der Waals surface area contributed by atoms with E-state index in [-0.39, 0.29) is 23.3 Å². The third-order valence-electron chi connectivity index (χ3n) is 5.83. The first kappa shape index (κ1) is 22.4. The molecule has 9 heteroatoms. The molecule has 0 spiro atoms. The first-order valence-electron chi connectivity index (χ1n) is 10.7. The Hall–Kier alpha value is -2.78. The van der Waals surface area contributed by atoms with Crippen LogP contribution in [-0.2, 0) is 21.4 Å². The van der Waals surface area contributed by atoms with Gasteiger partial charge < -0.3 is 19.1 Å². The highest BCUT2D eigenvalue weighted by Gasteiger charge is 2.34. The maximum Gasteiger partial charge on any atom is 0.243 e. The molecule has 2 aliphatic rings. The van der Waals surface area contributed by atoms with Gasteiger partial charge in [0.15, 0.2) is 11.5 Å². The van der Waals surface area contributed by atoms with Gasteiger partial charge in [0.1, 0.15) is 19.0 Å². The zero-order valence-corrected chi connectivity index (χ0v) is 19.1. The monoisotopic (exact) mass is 460 g/mol. The summed E-state index contributed by atoms with van der Waals surface area (Å²) in [7, 11) is -0.392. The summed E-state index contributed by atoms with van der Waals surface area (Å²) in [5.74, 6) is 1.55. The molecule has 172 valence electrons. The molecule has 2 aromatic rings. The lowest BCUT2D eigenvalue weighted by Crippen LogP contribution is -2.45. The van der Waals surface area contributed by atoms with Crippen molar-refractivity contribution in [1.82, 2.24) is 9.21 Å². The summed E-state index contributed by atoms with van der Waals surface area (Å²) in [4.78, 5) is 15.0. The average Bonchev–Trinajstić information content (AvgIpc) is 2.83. The van der Waals surface area contributed by atoms with Crippen LogP contribution in [0.4, 0.5) is 0 Å². The Kier molecular flexibility index (Phi) is 6.57. The molecule has 1 unspecified atom stereocenters. The van der Waals surface area contributed by atoms with E-state index in [1.165, 1.54) is 23.5 Å². The Morgan fingerprint density at radius 3 is 2.56 bits per heavy atom. The van der Waals surface area contributed by atoms with Gasteiger partial charge in [-0.2, -0.15) is 4.31 Å². The largest absolute Gasteiger partial charge is 0.497 e. The minimum absolute atomic E-state index is 0.0606. The number of fused-ring (bicyclic) bond motifs is 1. The molecule has 1 atom stereocenters. The Bertz CT molecular complexity index is 1070. The van der Waals surface area contributed by atoms with Crippen molar-refractivity contribution < 1.29 is 27.4 Å². The molecule has 0 aliphatic carbocycles. The lowest BCUT2D eigenvalue weighted by atomic mass is 9.98. The molecule has 2 aliphatic heterocycles. The first-order chi connectivity index (χ1) is 15.4. The second-order valence-electron chi connectivity index (χ2n) is 8.05. The highest BCUT2D eigenvalue weighted by atomic mass is 32.2. The number of rotatable bonds is 6. The fourth-order valence-corrected chi connectivity index (χ4v) is 5.63. The van der Waals surface area contributed by atoms with E-state index in [2.05, 4.69) is 0 Å². The van der Waals surface area contributed by atoms with Crippen molar-refractivity contribution >= 4 is 15.9 Å². The Labute approximate surface area is 188 Å². The number of piperidine rings is 1. The SMILES string of the molecule is COc1ccc(S(=O)(=O)N2CCCC(C(=O)N(C)Cc3ccc4c(c3)OCCO4)C2)cc1. The lowest BCUT2D eigenvalue weighted by molar-refractivity contribution is -0.135. The van der Waals surface area contributed by atoms with Crippen LogP contribution in [0, 0.1) is 5.92 Å². The Morgan fingerprint density at radius 1 is 1.12 bits per heavy atom. The number of ether oxygens (including phenoxy) is 3. The molecule has 0 bridgehead atoms. The van der Waals surface area contributed by atoms with E-state index in [0.717, 1.165) is 5.56 Å². The van der Waals surface area contributed by atoms with E-state index in [0.29, 0.717) is 56.4 Å². The van der Waals surface area contributed by atoms with Crippen molar-refractivity contribution in [1.29, 1.82) is 0 Å². The summed E-state index contributed by atoms with van der Waals surface area (Å²) in [6, 6.07) is 12.0. The van der Waals surface area contributed by atoms with Gasteiger partial charge in [-0.3, -0.25) is 4.79 Å². The number of sulfonamides is 1. The molecule has 32 heavy (non-hydrogen) atoms. The number of carbonyl (C=O) groups excluding carboxylic acids is 1. The van der Waals surface area contributed by atoms with Crippen molar-refractivity contribution in [2.45, 2.75) is 24.3 Å². The highest BCUT2D eigenvalue weighted by molar-refractivity contribution is 7.89. The summed E-state index contributed by atoms with van der Waals surface area (Å²) in [6.45, 7) is 2.04. The zero-order chi connectivity index (χ0) is 22.7. The predicted molar refractivity (Wildman–Crippen MR) is 118 cm³/mol. The third kappa shape index (κ3) is 4.68. The molecule has 0 N–H and O–H groups in total. The number of methoxy groups -OCH3 is 1. The van der Waals surface area contributed by atoms with E-state index in [9.17, 15) is 13.2 Å². The molecule has 8 nitrogen and oxygen atoms in total. The van der Waals surface area contributed by atoms with Crippen LogP contribution in [0.5, 0.6) is 17.2 Å². The number of hydrogen-bond donors (Lipinski definition) is 0. The number of nitrogens with zero attached hydrogens (tertiary/aromatic N) is 2. The van der Waals surface area contributed by atoms with Crippen molar-refractivity contribution in [3.63, 3.8) is 0 Å². The first-order valence-corrected chi connectivity index (χ1v) is 12.1. The molecular formula is C23H28N2O6S. The summed E-state index contributed by atoms with van der Waals surface area (Å²) >= 11 is 0. The van der Waals surface area contributed by atoms with Crippen LogP contribution in [0.2, 0.25) is 0 Å². The third-order valence-corrected chi connectivity index (χ3v) is 7.71. The van der Waals surface area contributed by atoms with E-state index in [1.54, 1.807) is 24.1 Å². The van der Waals surface area contributed by atoms with Crippen LogP contribution in [-0.4, -0.2) is 64.0 Å². The number of amides is 1. The fraction of sp³-hybridized carbons (Fsp3) is 0.435. The van der Waals surface area contributed by atoms with Gasteiger partial charge in [-0.05, 0) is 54.8 Å². The maximum atomic E-state index is 13.1. The summed E-state index contributed by atoms with van der Waals surface area (Å²) < 4.78 is 43.9. The quantitative estimate of drug-likeness (QED) is 0.659. The summed E-state index contributed by atoms with van der Waals surface area (Å²) in [5, 5.41) is 0. The van der Waals surface area contributed by atoms with Gasteiger partial charge in [0, 0.05) is 26.7 Å². The van der Waals surface area contributed by atoms with Gasteiger partial charge in [-0.15, -0.1) is 0 Å². The summed E-state index contributed by atoms with van der Waals surface area (Å²) in [6.07, 6.45) is 1.31. The van der Waals surface area contributed by atoms with E-state index < -0.39 is 10.0 Å². The Balaban J connectivity index is 1.42. The molecule has 2 aromatic carbocycles. The van der Waals surface area contributed by atoms with E-state index >= 15 is 0 Å². The van der Waals surface area contributed by atoms with Gasteiger partial charge in [-0.25, -0.2) is 8.42 Å². The van der Waals surface area contributed by atoms with Crippen LogP contribution in [0.1, 0.15) is 18.4 Å². The number of carbonyl (C=O) groups is 1. The molecule has 1 fully saturated rings. The maximum absolute atomic E-state index is 13.1. The molecule has 2 heterocycles. The molecule has 4 rings (SSSR count). The van der Waals surface area contributed by atoms with Gasteiger partial charge in [0.05, 0.1) is 17.9 Å². The van der Waals surface area contributed by atoms with Crippen LogP contribution in [0.15, 0.2) is 47.4 Å². The van der Waals surface area contributed by atoms with Crippen molar-refractivity contribution in [3.8, 4) is 17.2 Å². The van der Waals surface area contributed by atoms with Crippen molar-refractivity contribution in [2.24, 2.45) is 5.92 Å². The standard InChI is InChI=1S/C23H28N2O6S/c1-24(15-17-5-10-21-22(14-17)31-13-12-30-21)23(26)18-4-3-11-25(16-18)32(27,28)20-8-6-19(29-2)7-9-20/h5-10,14,18H,3-4,11-13,15-16H2,1-2H3. The molecule has 0 saturated carbocycles. The van der Waals surface area contributed by atoms with E-state index in [1.807, 2.05) is 18.2 Å². The minimum Gasteiger partial charge on any atom is -0.497 e. The fourth-order valence-electron chi connectivity index (χ4n) is 4.11. The molecule has 1 saturated heterocycles. The summed E-state index contributed by atoms with van der Waals surface area (Å²) in [5.41, 5.74) is 0.934. The van der Waals surface area contributed by atoms with Crippen molar-refractivity contribution in [2.75, 3.05) is 40.5 Å². The molecular weight excluding hydrogens is 432 g/mol. The van der Waals surface area contributed by atoms with Crippen LogP contribution in [0.3, 0.4) is 0 Å². The second-order valence-corrected chi connectivity index (χ2v) is 9.99. The second kappa shape index (κ2) is 9.38. The number of benzene rings is 2. The van der Waals surface area contributed by atoms with Crippen molar-refractivity contribution in [3.05, 3.63) is 48.0 Å². The van der Waals surface area contributed by atoms with Crippen LogP contribution in [0.25, 0.3) is 0 Å². The average molecular weight is 461 g/mol. The molecule has 0 aromatic heterocycles. The molecule has 1 amide bonds. The predicted octanol–water partition coefficient (Wildman–Crippen LogP) is 2.53. The van der Waals surface area contributed by atoms with Gasteiger partial charge in [-0.1, -0.05) is 6.07 Å². The number of hydrogen-bond acceptors (Lipinski definition) is 6. The zero-order valence-electron chi connectivity index (χ0n) is 18.3.